The van der Waals surface area contributed by atoms with Gasteiger partial charge in [-0.2, -0.15) is 0 Å². The Bertz CT molecular complexity index is 417. The van der Waals surface area contributed by atoms with Gasteiger partial charge in [0.15, 0.2) is 0 Å². The second kappa shape index (κ2) is 3.53. The summed E-state index contributed by atoms with van der Waals surface area (Å²) < 4.78 is 22.1. The summed E-state index contributed by atoms with van der Waals surface area (Å²) in [6.07, 6.45) is 0. The van der Waals surface area contributed by atoms with Crippen LogP contribution in [0.25, 0.3) is 0 Å². The van der Waals surface area contributed by atoms with Crippen LogP contribution in [0.3, 0.4) is 0 Å². The molecule has 72 valence electrons. The quantitative estimate of drug-likeness (QED) is 0.782. The molecule has 6 heteroatoms. The van der Waals surface area contributed by atoms with Crippen molar-refractivity contribution in [3.63, 3.8) is 0 Å². The monoisotopic (exact) mass is 220 g/mol. The summed E-state index contributed by atoms with van der Waals surface area (Å²) in [6, 6.07) is 4.51. The lowest BCUT2D eigenvalue weighted by Gasteiger charge is -2.07. The van der Waals surface area contributed by atoms with Gasteiger partial charge in [0.1, 0.15) is 4.90 Å². The fourth-order valence-electron chi connectivity index (χ4n) is 0.984. The number of hydrogen-bond acceptors (Lipinski definition) is 3. The van der Waals surface area contributed by atoms with Crippen LogP contribution in [-0.2, 0) is 10.0 Å². The molecule has 0 aromatic heterocycles. The first-order chi connectivity index (χ1) is 5.96. The molecule has 3 N–H and O–H groups in total. The van der Waals surface area contributed by atoms with E-state index in [4.69, 9.17) is 16.7 Å². The number of halogens is 1. The van der Waals surface area contributed by atoms with Crippen LogP contribution in [-0.4, -0.2) is 15.5 Å². The van der Waals surface area contributed by atoms with E-state index in [1.807, 2.05) is 0 Å². The van der Waals surface area contributed by atoms with E-state index in [0.29, 0.717) is 10.7 Å². The molecule has 0 aliphatic carbocycles. The summed E-state index contributed by atoms with van der Waals surface area (Å²) in [6.45, 7) is 0. The topological polar surface area (TPSA) is 72.2 Å². The molecule has 0 aliphatic rings. The molecule has 0 saturated carbocycles. The van der Waals surface area contributed by atoms with Crippen LogP contribution in [0.15, 0.2) is 23.1 Å². The molecule has 0 spiro atoms. The number of benzene rings is 1. The van der Waals surface area contributed by atoms with Gasteiger partial charge in [0.05, 0.1) is 10.7 Å². The van der Waals surface area contributed by atoms with Crippen LogP contribution < -0.4 is 10.5 Å². The van der Waals surface area contributed by atoms with Crippen molar-refractivity contribution in [2.45, 2.75) is 4.90 Å². The van der Waals surface area contributed by atoms with E-state index < -0.39 is 10.0 Å². The van der Waals surface area contributed by atoms with Crippen LogP contribution in [0.5, 0.6) is 0 Å². The average molecular weight is 221 g/mol. The van der Waals surface area contributed by atoms with Gasteiger partial charge in [0.25, 0.3) is 0 Å². The zero-order chi connectivity index (χ0) is 10.1. The second-order valence-corrected chi connectivity index (χ2v) is 4.35. The van der Waals surface area contributed by atoms with E-state index in [1.165, 1.54) is 12.1 Å². The fourth-order valence-corrected chi connectivity index (χ4v) is 2.07. The Kier molecular flexibility index (Phi) is 2.80. The molecule has 4 nitrogen and oxygen atoms in total. The molecule has 0 saturated heterocycles. The van der Waals surface area contributed by atoms with Gasteiger partial charge < -0.3 is 5.32 Å². The Morgan fingerprint density at radius 3 is 2.46 bits per heavy atom. The largest absolute Gasteiger partial charge is 0.386 e. The van der Waals surface area contributed by atoms with Crippen molar-refractivity contribution in [2.24, 2.45) is 5.14 Å². The molecule has 0 bridgehead atoms. The third kappa shape index (κ3) is 2.12. The maximum Gasteiger partial charge on any atom is 0.240 e. The number of anilines is 1. The van der Waals surface area contributed by atoms with Crippen molar-refractivity contribution in [3.8, 4) is 0 Å². The number of hydrogen-bond donors (Lipinski definition) is 2. The average Bonchev–Trinajstić information content (AvgIpc) is 2.02. The Labute approximate surface area is 81.8 Å². The maximum absolute atomic E-state index is 11.0. The van der Waals surface area contributed by atoms with Crippen molar-refractivity contribution < 1.29 is 8.42 Å². The first-order valence-electron chi connectivity index (χ1n) is 3.46. The predicted octanol–water partition coefficient (Wildman–Crippen LogP) is 1.03. The van der Waals surface area contributed by atoms with Crippen molar-refractivity contribution >= 4 is 27.3 Å². The number of para-hydroxylation sites is 1. The van der Waals surface area contributed by atoms with Gasteiger partial charge >= 0.3 is 0 Å². The van der Waals surface area contributed by atoms with Crippen LogP contribution >= 0.6 is 11.6 Å². The summed E-state index contributed by atoms with van der Waals surface area (Å²) in [4.78, 5) is 0.00231. The Balaban J connectivity index is 3.47. The summed E-state index contributed by atoms with van der Waals surface area (Å²) in [5.74, 6) is 0. The Morgan fingerprint density at radius 1 is 1.46 bits per heavy atom. The van der Waals surface area contributed by atoms with Crippen LogP contribution in [0.4, 0.5) is 5.69 Å². The van der Waals surface area contributed by atoms with E-state index in [1.54, 1.807) is 13.1 Å². The van der Waals surface area contributed by atoms with E-state index in [2.05, 4.69) is 5.32 Å². The minimum atomic E-state index is -3.72. The highest BCUT2D eigenvalue weighted by Gasteiger charge is 2.14. The van der Waals surface area contributed by atoms with Gasteiger partial charge in [-0.25, -0.2) is 13.6 Å². The molecular formula is C7H9ClN2O2S. The maximum atomic E-state index is 11.0. The Morgan fingerprint density at radius 2 is 2.08 bits per heavy atom. The number of rotatable bonds is 2. The number of nitrogens with two attached hydrogens (primary N) is 1. The van der Waals surface area contributed by atoms with Crippen molar-refractivity contribution in [3.05, 3.63) is 23.2 Å². The van der Waals surface area contributed by atoms with E-state index in [-0.39, 0.29) is 4.90 Å². The number of nitrogens with one attached hydrogen (secondary N) is 1. The van der Waals surface area contributed by atoms with Gasteiger partial charge in [-0.3, -0.25) is 0 Å². The van der Waals surface area contributed by atoms with E-state index >= 15 is 0 Å². The van der Waals surface area contributed by atoms with Gasteiger partial charge in [0.2, 0.25) is 10.0 Å². The minimum absolute atomic E-state index is 0.00231. The highest BCUT2D eigenvalue weighted by Crippen LogP contribution is 2.27. The molecular weight excluding hydrogens is 212 g/mol. The SMILES string of the molecule is CNc1c(Cl)cccc1S(N)(=O)=O. The lowest BCUT2D eigenvalue weighted by atomic mass is 10.3. The number of primary sulfonamides is 1. The molecule has 0 aliphatic heterocycles. The molecule has 1 aromatic rings. The van der Waals surface area contributed by atoms with Crippen LogP contribution in [0.2, 0.25) is 5.02 Å². The lowest BCUT2D eigenvalue weighted by Crippen LogP contribution is -2.14. The zero-order valence-electron chi connectivity index (χ0n) is 6.91. The van der Waals surface area contributed by atoms with Crippen molar-refractivity contribution in [1.82, 2.24) is 0 Å². The van der Waals surface area contributed by atoms with Gasteiger partial charge in [-0.05, 0) is 12.1 Å². The number of sulfonamides is 1. The molecule has 0 heterocycles. The van der Waals surface area contributed by atoms with Crippen molar-refractivity contribution in [2.75, 3.05) is 12.4 Å². The standard InChI is InChI=1S/C7H9ClN2O2S/c1-10-7-5(8)3-2-4-6(7)13(9,11)12/h2-4,10H,1H3,(H2,9,11,12). The van der Waals surface area contributed by atoms with Gasteiger partial charge in [-0.15, -0.1) is 0 Å². The molecule has 0 unspecified atom stereocenters. The highest BCUT2D eigenvalue weighted by molar-refractivity contribution is 7.89. The molecule has 0 amide bonds. The highest BCUT2D eigenvalue weighted by atomic mass is 35.5. The smallest absolute Gasteiger partial charge is 0.240 e. The van der Waals surface area contributed by atoms with Crippen LogP contribution in [0.1, 0.15) is 0 Å². The van der Waals surface area contributed by atoms with Crippen LogP contribution in [0, 0.1) is 0 Å². The third-order valence-corrected chi connectivity index (χ3v) is 2.80. The van der Waals surface area contributed by atoms with Gasteiger partial charge in [0, 0.05) is 7.05 Å². The first-order valence-corrected chi connectivity index (χ1v) is 5.38. The summed E-state index contributed by atoms with van der Waals surface area (Å²) in [5.41, 5.74) is 0.326. The normalized spacial score (nSPS) is 11.3. The van der Waals surface area contributed by atoms with E-state index in [0.717, 1.165) is 0 Å². The van der Waals surface area contributed by atoms with E-state index in [9.17, 15) is 8.42 Å². The molecule has 0 atom stereocenters. The molecule has 0 fully saturated rings. The summed E-state index contributed by atoms with van der Waals surface area (Å²) in [5, 5.41) is 7.98. The minimum Gasteiger partial charge on any atom is -0.386 e. The lowest BCUT2D eigenvalue weighted by molar-refractivity contribution is 0.598. The summed E-state index contributed by atoms with van der Waals surface area (Å²) in [7, 11) is -2.14. The summed E-state index contributed by atoms with van der Waals surface area (Å²) >= 11 is 5.75. The molecule has 13 heavy (non-hydrogen) atoms. The molecule has 0 radical (unpaired) electrons. The predicted molar refractivity (Wildman–Crippen MR) is 52.4 cm³/mol. The second-order valence-electron chi connectivity index (χ2n) is 2.41. The third-order valence-electron chi connectivity index (χ3n) is 1.53. The molecule has 1 aromatic carbocycles. The molecule has 1 rings (SSSR count). The van der Waals surface area contributed by atoms with Gasteiger partial charge in [-0.1, -0.05) is 17.7 Å². The van der Waals surface area contributed by atoms with Crippen molar-refractivity contribution in [1.29, 1.82) is 0 Å². The zero-order valence-corrected chi connectivity index (χ0v) is 8.48. The Hall–Kier alpha value is -0.780. The first kappa shape index (κ1) is 10.3. The fraction of sp³-hybridized carbons (Fsp3) is 0.143.